The number of nitrogens with zero attached hydrogens (tertiary/aromatic N) is 1. The highest BCUT2D eigenvalue weighted by Crippen LogP contribution is 2.17. The van der Waals surface area contributed by atoms with Crippen LogP contribution in [-0.2, 0) is 14.3 Å². The number of esters is 1. The maximum Gasteiger partial charge on any atom is 0.330 e. The van der Waals surface area contributed by atoms with Crippen molar-refractivity contribution in [1.29, 1.82) is 0 Å². The molecule has 0 saturated carbocycles. The SMILES string of the molecule is C=C[C@@H]1CCCCN1C(=O)/C=C/C(=O)OCC. The lowest BCUT2D eigenvalue weighted by Gasteiger charge is -2.33. The molecule has 1 aliphatic rings. The van der Waals surface area contributed by atoms with Gasteiger partial charge in [0.25, 0.3) is 0 Å². The molecule has 0 spiro atoms. The number of carbonyl (C=O) groups is 2. The molecule has 0 radical (unpaired) electrons. The second-order valence-electron chi connectivity index (χ2n) is 3.92. The highest BCUT2D eigenvalue weighted by molar-refractivity contribution is 5.94. The number of likely N-dealkylation sites (tertiary alicyclic amines) is 1. The summed E-state index contributed by atoms with van der Waals surface area (Å²) in [7, 11) is 0. The summed E-state index contributed by atoms with van der Waals surface area (Å²) in [5.74, 6) is -0.629. The van der Waals surface area contributed by atoms with Gasteiger partial charge in [-0.1, -0.05) is 6.08 Å². The van der Waals surface area contributed by atoms with Crippen molar-refractivity contribution in [3.63, 3.8) is 0 Å². The molecule has 4 nitrogen and oxygen atoms in total. The highest BCUT2D eigenvalue weighted by Gasteiger charge is 2.22. The molecular weight excluding hydrogens is 218 g/mol. The Hall–Kier alpha value is -1.58. The lowest BCUT2D eigenvalue weighted by Crippen LogP contribution is -2.41. The lowest BCUT2D eigenvalue weighted by atomic mass is 10.0. The fourth-order valence-electron chi connectivity index (χ4n) is 1.90. The molecule has 0 unspecified atom stereocenters. The zero-order valence-corrected chi connectivity index (χ0v) is 10.2. The molecule has 0 N–H and O–H groups in total. The van der Waals surface area contributed by atoms with Crippen LogP contribution in [0.4, 0.5) is 0 Å². The summed E-state index contributed by atoms with van der Waals surface area (Å²) in [6.45, 7) is 6.50. The van der Waals surface area contributed by atoms with Gasteiger partial charge in [0.2, 0.25) is 5.91 Å². The third-order valence-corrected chi connectivity index (χ3v) is 2.75. The summed E-state index contributed by atoms with van der Waals surface area (Å²) in [6.07, 6.45) is 7.31. The van der Waals surface area contributed by atoms with E-state index < -0.39 is 5.97 Å². The third kappa shape index (κ3) is 4.06. The van der Waals surface area contributed by atoms with Crippen molar-refractivity contribution in [3.8, 4) is 0 Å². The van der Waals surface area contributed by atoms with Gasteiger partial charge in [0.05, 0.1) is 12.6 Å². The summed E-state index contributed by atoms with van der Waals surface area (Å²) >= 11 is 0. The quantitative estimate of drug-likeness (QED) is 0.424. The Morgan fingerprint density at radius 2 is 2.18 bits per heavy atom. The molecular formula is C13H19NO3. The topological polar surface area (TPSA) is 46.6 Å². The van der Waals surface area contributed by atoms with Crippen LogP contribution in [0.5, 0.6) is 0 Å². The number of ether oxygens (including phenoxy) is 1. The minimum absolute atomic E-state index is 0.0862. The Balaban J connectivity index is 2.56. The monoisotopic (exact) mass is 237 g/mol. The molecule has 4 heteroatoms. The van der Waals surface area contributed by atoms with Crippen molar-refractivity contribution in [2.45, 2.75) is 32.2 Å². The van der Waals surface area contributed by atoms with Gasteiger partial charge >= 0.3 is 5.97 Å². The van der Waals surface area contributed by atoms with Crippen LogP contribution in [0.3, 0.4) is 0 Å². The number of rotatable bonds is 4. The second kappa shape index (κ2) is 6.89. The highest BCUT2D eigenvalue weighted by atomic mass is 16.5. The van der Waals surface area contributed by atoms with E-state index in [1.54, 1.807) is 17.9 Å². The average Bonchev–Trinajstić information content (AvgIpc) is 2.36. The number of amides is 1. The van der Waals surface area contributed by atoms with Gasteiger partial charge in [0.15, 0.2) is 0 Å². The predicted molar refractivity (Wildman–Crippen MR) is 65.3 cm³/mol. The molecule has 0 aliphatic carbocycles. The maximum absolute atomic E-state index is 11.9. The molecule has 1 amide bonds. The standard InChI is InChI=1S/C13H19NO3/c1-3-11-7-5-6-10-14(11)12(15)8-9-13(16)17-4-2/h3,8-9,11H,1,4-7,10H2,2H3/b9-8+/t11-/m1/s1. The first kappa shape index (κ1) is 13.5. The summed E-state index contributed by atoms with van der Waals surface area (Å²) in [5.41, 5.74) is 0. The van der Waals surface area contributed by atoms with E-state index in [-0.39, 0.29) is 11.9 Å². The van der Waals surface area contributed by atoms with Gasteiger partial charge in [0, 0.05) is 18.7 Å². The number of piperidine rings is 1. The largest absolute Gasteiger partial charge is 0.463 e. The molecule has 1 saturated heterocycles. The second-order valence-corrected chi connectivity index (χ2v) is 3.92. The molecule has 94 valence electrons. The fraction of sp³-hybridized carbons (Fsp3) is 0.538. The number of hydrogen-bond donors (Lipinski definition) is 0. The van der Waals surface area contributed by atoms with Gasteiger partial charge in [-0.3, -0.25) is 4.79 Å². The molecule has 0 aromatic carbocycles. The summed E-state index contributed by atoms with van der Waals surface area (Å²) in [6, 6.07) is 0.0862. The molecule has 1 aliphatic heterocycles. The first-order chi connectivity index (χ1) is 8.19. The van der Waals surface area contributed by atoms with Crippen molar-refractivity contribution in [2.24, 2.45) is 0 Å². The lowest BCUT2D eigenvalue weighted by molar-refractivity contribution is -0.137. The Morgan fingerprint density at radius 3 is 2.82 bits per heavy atom. The van der Waals surface area contributed by atoms with Crippen LogP contribution in [0.25, 0.3) is 0 Å². The van der Waals surface area contributed by atoms with Gasteiger partial charge in [-0.2, -0.15) is 0 Å². The Kier molecular flexibility index (Phi) is 5.46. The average molecular weight is 237 g/mol. The maximum atomic E-state index is 11.9. The smallest absolute Gasteiger partial charge is 0.330 e. The summed E-state index contributed by atoms with van der Waals surface area (Å²) in [4.78, 5) is 24.7. The Morgan fingerprint density at radius 1 is 1.41 bits per heavy atom. The molecule has 17 heavy (non-hydrogen) atoms. The van der Waals surface area contributed by atoms with E-state index in [1.165, 1.54) is 12.2 Å². The van der Waals surface area contributed by atoms with Gasteiger partial charge in [-0.05, 0) is 26.2 Å². The van der Waals surface area contributed by atoms with Crippen molar-refractivity contribution in [3.05, 3.63) is 24.8 Å². The van der Waals surface area contributed by atoms with Crippen molar-refractivity contribution < 1.29 is 14.3 Å². The van der Waals surface area contributed by atoms with E-state index in [1.807, 2.05) is 0 Å². The van der Waals surface area contributed by atoms with E-state index in [9.17, 15) is 9.59 Å². The van der Waals surface area contributed by atoms with Crippen LogP contribution in [-0.4, -0.2) is 36.0 Å². The molecule has 1 heterocycles. The normalized spacial score (nSPS) is 20.3. The van der Waals surface area contributed by atoms with E-state index in [0.717, 1.165) is 25.8 Å². The van der Waals surface area contributed by atoms with Crippen LogP contribution in [0, 0.1) is 0 Å². The molecule has 0 bridgehead atoms. The zero-order chi connectivity index (χ0) is 12.7. The van der Waals surface area contributed by atoms with Gasteiger partial charge in [-0.25, -0.2) is 4.79 Å². The van der Waals surface area contributed by atoms with Crippen LogP contribution in [0.15, 0.2) is 24.8 Å². The molecule has 1 rings (SSSR count). The first-order valence-corrected chi connectivity index (χ1v) is 5.97. The number of hydrogen-bond acceptors (Lipinski definition) is 3. The van der Waals surface area contributed by atoms with E-state index in [0.29, 0.717) is 6.61 Å². The molecule has 0 aromatic heterocycles. The minimum Gasteiger partial charge on any atom is -0.463 e. The minimum atomic E-state index is -0.479. The third-order valence-electron chi connectivity index (χ3n) is 2.75. The molecule has 1 atom stereocenters. The van der Waals surface area contributed by atoms with E-state index in [4.69, 9.17) is 4.74 Å². The van der Waals surface area contributed by atoms with Gasteiger partial charge in [0.1, 0.15) is 0 Å². The zero-order valence-electron chi connectivity index (χ0n) is 10.2. The van der Waals surface area contributed by atoms with Crippen LogP contribution < -0.4 is 0 Å². The molecule has 1 fully saturated rings. The predicted octanol–water partition coefficient (Wildman–Crippen LogP) is 1.67. The Labute approximate surface area is 102 Å². The van der Waals surface area contributed by atoms with Crippen molar-refractivity contribution in [2.75, 3.05) is 13.2 Å². The van der Waals surface area contributed by atoms with Crippen molar-refractivity contribution >= 4 is 11.9 Å². The summed E-state index contributed by atoms with van der Waals surface area (Å²) < 4.78 is 4.72. The fourth-order valence-corrected chi connectivity index (χ4v) is 1.90. The van der Waals surface area contributed by atoms with Gasteiger partial charge in [-0.15, -0.1) is 6.58 Å². The molecule has 0 aromatic rings. The van der Waals surface area contributed by atoms with Crippen LogP contribution in [0.2, 0.25) is 0 Å². The summed E-state index contributed by atoms with van der Waals surface area (Å²) in [5, 5.41) is 0. The first-order valence-electron chi connectivity index (χ1n) is 5.97. The van der Waals surface area contributed by atoms with Crippen LogP contribution in [0.1, 0.15) is 26.2 Å². The van der Waals surface area contributed by atoms with E-state index >= 15 is 0 Å². The number of carbonyl (C=O) groups excluding carboxylic acids is 2. The Bertz CT molecular complexity index is 323. The van der Waals surface area contributed by atoms with E-state index in [2.05, 4.69) is 6.58 Å². The van der Waals surface area contributed by atoms with Gasteiger partial charge < -0.3 is 9.64 Å². The van der Waals surface area contributed by atoms with Crippen molar-refractivity contribution in [1.82, 2.24) is 4.90 Å². The van der Waals surface area contributed by atoms with Crippen LogP contribution >= 0.6 is 0 Å².